The molecule has 0 aromatic carbocycles. The molecule has 0 radical (unpaired) electrons. The molecule has 0 bridgehead atoms. The summed E-state index contributed by atoms with van der Waals surface area (Å²) >= 11 is 0. The average molecular weight is 491 g/mol. The fraction of sp³-hybridized carbons (Fsp3) is 0.684. The number of hydrogen-bond acceptors (Lipinski definition) is 9. The van der Waals surface area contributed by atoms with Gasteiger partial charge in [-0.3, -0.25) is 44.4 Å². The summed E-state index contributed by atoms with van der Waals surface area (Å²) in [5.74, 6) is -3.63. The molecule has 0 aromatic rings. The summed E-state index contributed by atoms with van der Waals surface area (Å²) in [6, 6.07) is 0. The van der Waals surface area contributed by atoms with Gasteiger partial charge < -0.3 is 16.0 Å². The SMILES string of the molecule is CC(=O)NCCCCCN(O)C(=O)CCC(=O)NCN(O)C(=O)CCC(=O)NCN(O)C(C)=O. The Bertz CT molecular complexity index is 718. The van der Waals surface area contributed by atoms with Crippen LogP contribution in [0.3, 0.4) is 0 Å². The molecule has 0 saturated carbocycles. The topological polar surface area (TPSA) is 209 Å². The van der Waals surface area contributed by atoms with Crippen LogP contribution < -0.4 is 16.0 Å². The lowest BCUT2D eigenvalue weighted by Crippen LogP contribution is -2.41. The van der Waals surface area contributed by atoms with Crippen molar-refractivity contribution in [2.75, 3.05) is 26.4 Å². The first-order chi connectivity index (χ1) is 15.9. The van der Waals surface area contributed by atoms with E-state index >= 15 is 0 Å². The van der Waals surface area contributed by atoms with Crippen LogP contribution in [0.25, 0.3) is 0 Å². The van der Waals surface area contributed by atoms with Crippen LogP contribution in [0.4, 0.5) is 0 Å². The highest BCUT2D eigenvalue weighted by atomic mass is 16.5. The summed E-state index contributed by atoms with van der Waals surface area (Å²) in [5, 5.41) is 36.5. The summed E-state index contributed by atoms with van der Waals surface area (Å²) in [6.07, 6.45) is 0.614. The van der Waals surface area contributed by atoms with Gasteiger partial charge in [0.25, 0.3) is 0 Å². The van der Waals surface area contributed by atoms with Crippen molar-refractivity contribution >= 4 is 35.4 Å². The van der Waals surface area contributed by atoms with Gasteiger partial charge in [0.1, 0.15) is 13.3 Å². The van der Waals surface area contributed by atoms with Crippen LogP contribution in [-0.4, -0.2) is 92.7 Å². The number of unbranched alkanes of at least 4 members (excludes halogenated alkanes) is 2. The number of amides is 6. The van der Waals surface area contributed by atoms with Gasteiger partial charge in [-0.1, -0.05) is 0 Å². The van der Waals surface area contributed by atoms with E-state index in [0.29, 0.717) is 30.9 Å². The predicted octanol–water partition coefficient (Wildman–Crippen LogP) is -1.33. The average Bonchev–Trinajstić information content (AvgIpc) is 2.79. The van der Waals surface area contributed by atoms with E-state index in [-0.39, 0.29) is 41.8 Å². The molecule has 15 nitrogen and oxygen atoms in total. The molecule has 6 amide bonds. The van der Waals surface area contributed by atoms with E-state index in [2.05, 4.69) is 16.0 Å². The van der Waals surface area contributed by atoms with Crippen molar-refractivity contribution in [3.8, 4) is 0 Å². The molecule has 0 aliphatic rings. The number of nitrogens with one attached hydrogen (secondary N) is 3. The Morgan fingerprint density at radius 2 is 1.12 bits per heavy atom. The molecule has 194 valence electrons. The van der Waals surface area contributed by atoms with E-state index in [1.54, 1.807) is 0 Å². The normalized spacial score (nSPS) is 10.1. The highest BCUT2D eigenvalue weighted by Crippen LogP contribution is 2.01. The third-order valence-electron chi connectivity index (χ3n) is 4.34. The zero-order valence-electron chi connectivity index (χ0n) is 19.4. The lowest BCUT2D eigenvalue weighted by molar-refractivity contribution is -0.169. The van der Waals surface area contributed by atoms with Gasteiger partial charge in [-0.15, -0.1) is 0 Å². The number of hydrogen-bond donors (Lipinski definition) is 6. The lowest BCUT2D eigenvalue weighted by Gasteiger charge is -2.17. The standard InChI is InChI=1S/C19H34N6O9/c1-14(26)20-10-4-3-5-11-23(32)18(30)8-6-17(29)22-13-25(34)19(31)9-7-16(28)21-12-24(33)15(2)27/h32-34H,3-13H2,1-2H3,(H,20,26)(H,21,28)(H,22,29). The molecule has 0 fully saturated rings. The predicted molar refractivity (Wildman–Crippen MR) is 113 cm³/mol. The maximum Gasteiger partial charge on any atom is 0.248 e. The summed E-state index contributed by atoms with van der Waals surface area (Å²) in [5.41, 5.74) is 0. The Kier molecular flexibility index (Phi) is 15.5. The molecule has 34 heavy (non-hydrogen) atoms. The molecule has 15 heteroatoms. The van der Waals surface area contributed by atoms with Gasteiger partial charge in [-0.25, -0.2) is 15.2 Å². The molecule has 0 aromatic heterocycles. The van der Waals surface area contributed by atoms with Gasteiger partial charge in [0.2, 0.25) is 35.4 Å². The van der Waals surface area contributed by atoms with Gasteiger partial charge in [0.15, 0.2) is 0 Å². The first kappa shape index (κ1) is 30.7. The summed E-state index contributed by atoms with van der Waals surface area (Å²) in [4.78, 5) is 68.5. The molecule has 0 aliphatic heterocycles. The molecule has 0 unspecified atom stereocenters. The van der Waals surface area contributed by atoms with Crippen molar-refractivity contribution in [3.63, 3.8) is 0 Å². The van der Waals surface area contributed by atoms with Crippen molar-refractivity contribution in [1.29, 1.82) is 0 Å². The van der Waals surface area contributed by atoms with Crippen molar-refractivity contribution in [2.45, 2.75) is 58.8 Å². The minimum absolute atomic E-state index is 0.0815. The Morgan fingerprint density at radius 1 is 0.618 bits per heavy atom. The van der Waals surface area contributed by atoms with Crippen LogP contribution in [0.5, 0.6) is 0 Å². The first-order valence-electron chi connectivity index (χ1n) is 10.7. The third-order valence-corrected chi connectivity index (χ3v) is 4.34. The minimum atomic E-state index is -0.862. The molecular weight excluding hydrogens is 456 g/mol. The Morgan fingerprint density at radius 3 is 1.62 bits per heavy atom. The molecule has 0 saturated heterocycles. The van der Waals surface area contributed by atoms with Crippen molar-refractivity contribution in [3.05, 3.63) is 0 Å². The van der Waals surface area contributed by atoms with E-state index in [1.807, 2.05) is 0 Å². The zero-order chi connectivity index (χ0) is 26.1. The molecule has 0 aliphatic carbocycles. The van der Waals surface area contributed by atoms with Crippen LogP contribution in [0, 0.1) is 0 Å². The lowest BCUT2D eigenvalue weighted by atomic mass is 10.2. The second-order valence-electron chi connectivity index (χ2n) is 7.29. The van der Waals surface area contributed by atoms with Gasteiger partial charge in [0.05, 0.1) is 0 Å². The zero-order valence-corrected chi connectivity index (χ0v) is 19.4. The number of hydroxylamine groups is 6. The van der Waals surface area contributed by atoms with E-state index in [0.717, 1.165) is 6.92 Å². The second-order valence-corrected chi connectivity index (χ2v) is 7.29. The third kappa shape index (κ3) is 15.5. The van der Waals surface area contributed by atoms with Crippen LogP contribution in [0.2, 0.25) is 0 Å². The van der Waals surface area contributed by atoms with Gasteiger partial charge in [-0.05, 0) is 19.3 Å². The smallest absolute Gasteiger partial charge is 0.248 e. The van der Waals surface area contributed by atoms with E-state index in [9.17, 15) is 39.2 Å². The molecule has 0 rings (SSSR count). The number of carbonyl (C=O) groups is 6. The highest BCUT2D eigenvalue weighted by Gasteiger charge is 2.16. The summed E-state index contributed by atoms with van der Waals surface area (Å²) < 4.78 is 0. The molecule has 0 atom stereocenters. The molecule has 0 spiro atoms. The molecular formula is C19H34N6O9. The second kappa shape index (κ2) is 17.2. The van der Waals surface area contributed by atoms with Crippen LogP contribution in [0.15, 0.2) is 0 Å². The molecule has 6 N–H and O–H groups in total. The van der Waals surface area contributed by atoms with Gasteiger partial charge in [-0.2, -0.15) is 0 Å². The maximum atomic E-state index is 11.8. The monoisotopic (exact) mass is 490 g/mol. The van der Waals surface area contributed by atoms with E-state index in [1.165, 1.54) is 6.92 Å². The quantitative estimate of drug-likeness (QED) is 0.0654. The fourth-order valence-electron chi connectivity index (χ4n) is 2.35. The first-order valence-corrected chi connectivity index (χ1v) is 10.7. The number of nitrogens with zero attached hydrogens (tertiary/aromatic N) is 3. The fourth-order valence-corrected chi connectivity index (χ4v) is 2.35. The van der Waals surface area contributed by atoms with Gasteiger partial charge >= 0.3 is 0 Å². The number of rotatable bonds is 16. The van der Waals surface area contributed by atoms with Crippen LogP contribution in [-0.2, 0) is 28.8 Å². The minimum Gasteiger partial charge on any atom is -0.356 e. The summed E-state index contributed by atoms with van der Waals surface area (Å²) in [6.45, 7) is 2.06. The Hall–Kier alpha value is -3.30. The Labute approximate surface area is 196 Å². The largest absolute Gasteiger partial charge is 0.356 e. The van der Waals surface area contributed by atoms with Gasteiger partial charge in [0, 0.05) is 52.6 Å². The van der Waals surface area contributed by atoms with Crippen LogP contribution in [0.1, 0.15) is 58.8 Å². The highest BCUT2D eigenvalue weighted by molar-refractivity contribution is 5.85. The van der Waals surface area contributed by atoms with Crippen molar-refractivity contribution in [2.24, 2.45) is 0 Å². The Balaban J connectivity index is 4.00. The maximum absolute atomic E-state index is 11.8. The van der Waals surface area contributed by atoms with Crippen molar-refractivity contribution < 1.29 is 44.4 Å². The van der Waals surface area contributed by atoms with E-state index < -0.39 is 49.3 Å². The number of carbonyl (C=O) groups excluding carboxylic acids is 6. The summed E-state index contributed by atoms with van der Waals surface area (Å²) in [7, 11) is 0. The van der Waals surface area contributed by atoms with Crippen molar-refractivity contribution in [1.82, 2.24) is 31.1 Å². The molecule has 0 heterocycles. The van der Waals surface area contributed by atoms with E-state index in [4.69, 9.17) is 5.21 Å². The van der Waals surface area contributed by atoms with Crippen LogP contribution >= 0.6 is 0 Å².